The molecule has 3 aromatic rings. The van der Waals surface area contributed by atoms with Crippen LogP contribution < -0.4 is 0 Å². The van der Waals surface area contributed by atoms with Crippen LogP contribution in [-0.2, 0) is 6.42 Å². The Morgan fingerprint density at radius 2 is 1.87 bits per heavy atom. The maximum Gasteiger partial charge on any atom is 0.279 e. The fraction of sp³-hybridized carbons (Fsp3) is 0.0714. The molecule has 0 unspecified atom stereocenters. The molecule has 116 valence electrons. The van der Waals surface area contributed by atoms with Crippen LogP contribution in [0, 0.1) is 20.2 Å². The van der Waals surface area contributed by atoms with E-state index in [4.69, 9.17) is 0 Å². The predicted octanol–water partition coefficient (Wildman–Crippen LogP) is 3.73. The zero-order chi connectivity index (χ0) is 16.6. The fourth-order valence-electron chi connectivity index (χ4n) is 2.28. The van der Waals surface area contributed by atoms with Crippen LogP contribution in [0.15, 0.2) is 40.9 Å². The van der Waals surface area contributed by atoms with Crippen molar-refractivity contribution in [1.82, 2.24) is 9.97 Å². The molecule has 0 atom stereocenters. The van der Waals surface area contributed by atoms with Crippen molar-refractivity contribution in [2.75, 3.05) is 0 Å². The molecule has 0 fully saturated rings. The van der Waals surface area contributed by atoms with Crippen molar-refractivity contribution in [1.29, 1.82) is 0 Å². The number of rotatable bonds is 4. The number of hydrogen-bond donors (Lipinski definition) is 1. The SMILES string of the molecule is O=[N+]([O-])c1ccc(Cc2nc3ccc(Br)cc3[nH]2)c([N+](=O)[O-])c1. The van der Waals surface area contributed by atoms with E-state index < -0.39 is 9.85 Å². The maximum atomic E-state index is 11.1. The van der Waals surface area contributed by atoms with Gasteiger partial charge in [-0.25, -0.2) is 4.98 Å². The van der Waals surface area contributed by atoms with E-state index >= 15 is 0 Å². The summed E-state index contributed by atoms with van der Waals surface area (Å²) in [5.74, 6) is 0.551. The number of imidazole rings is 1. The molecule has 1 heterocycles. The lowest BCUT2D eigenvalue weighted by Crippen LogP contribution is -1.99. The van der Waals surface area contributed by atoms with Crippen molar-refractivity contribution in [2.24, 2.45) is 0 Å². The van der Waals surface area contributed by atoms with Gasteiger partial charge in [-0.05, 0) is 24.3 Å². The van der Waals surface area contributed by atoms with Gasteiger partial charge in [0.1, 0.15) is 5.82 Å². The number of nitro benzene ring substituents is 2. The smallest absolute Gasteiger partial charge is 0.279 e. The highest BCUT2D eigenvalue weighted by Gasteiger charge is 2.20. The summed E-state index contributed by atoms with van der Waals surface area (Å²) in [4.78, 5) is 28.1. The van der Waals surface area contributed by atoms with E-state index in [-0.39, 0.29) is 17.8 Å². The van der Waals surface area contributed by atoms with Crippen LogP contribution in [0.5, 0.6) is 0 Å². The van der Waals surface area contributed by atoms with Gasteiger partial charge in [0.05, 0.1) is 26.9 Å². The van der Waals surface area contributed by atoms with Crippen molar-refractivity contribution >= 4 is 38.3 Å². The number of halogens is 1. The quantitative estimate of drug-likeness (QED) is 0.549. The number of H-pyrrole nitrogens is 1. The molecular weight excluding hydrogens is 368 g/mol. The highest BCUT2D eigenvalue weighted by atomic mass is 79.9. The number of non-ortho nitro benzene ring substituents is 1. The Hall–Kier alpha value is -2.81. The fourth-order valence-corrected chi connectivity index (χ4v) is 2.65. The molecule has 0 spiro atoms. The molecule has 9 heteroatoms. The molecule has 0 aliphatic heterocycles. The predicted molar refractivity (Wildman–Crippen MR) is 86.4 cm³/mol. The summed E-state index contributed by atoms with van der Waals surface area (Å²) in [5.41, 5.74) is 1.31. The zero-order valence-electron chi connectivity index (χ0n) is 11.5. The van der Waals surface area contributed by atoms with E-state index in [1.165, 1.54) is 12.1 Å². The van der Waals surface area contributed by atoms with Gasteiger partial charge in [0.25, 0.3) is 11.4 Å². The van der Waals surface area contributed by atoms with Gasteiger partial charge >= 0.3 is 0 Å². The first-order valence-corrected chi connectivity index (χ1v) is 7.29. The first kappa shape index (κ1) is 15.1. The van der Waals surface area contributed by atoms with Crippen LogP contribution >= 0.6 is 15.9 Å². The Labute approximate surface area is 137 Å². The molecule has 0 bridgehead atoms. The average Bonchev–Trinajstić information content (AvgIpc) is 2.88. The molecule has 3 rings (SSSR count). The van der Waals surface area contributed by atoms with Gasteiger partial charge in [-0.3, -0.25) is 20.2 Å². The lowest BCUT2D eigenvalue weighted by Gasteiger charge is -2.01. The van der Waals surface area contributed by atoms with Crippen molar-refractivity contribution in [3.63, 3.8) is 0 Å². The second kappa shape index (κ2) is 5.76. The summed E-state index contributed by atoms with van der Waals surface area (Å²) >= 11 is 3.36. The normalized spacial score (nSPS) is 10.8. The summed E-state index contributed by atoms with van der Waals surface area (Å²) in [6.45, 7) is 0. The zero-order valence-corrected chi connectivity index (χ0v) is 13.1. The number of hydrogen-bond acceptors (Lipinski definition) is 5. The van der Waals surface area contributed by atoms with Crippen LogP contribution in [0.1, 0.15) is 11.4 Å². The standard InChI is InChI=1S/C14H9BrN4O4/c15-9-2-4-11-12(6-9)17-14(16-11)5-8-1-3-10(18(20)21)7-13(8)19(22)23/h1-4,6-7H,5H2,(H,16,17). The summed E-state index contributed by atoms with van der Waals surface area (Å²) in [5, 5.41) is 21.9. The second-order valence-corrected chi connectivity index (χ2v) is 5.76. The molecule has 23 heavy (non-hydrogen) atoms. The molecule has 0 saturated carbocycles. The van der Waals surface area contributed by atoms with E-state index in [1.54, 1.807) is 0 Å². The molecule has 0 aliphatic carbocycles. The Morgan fingerprint density at radius 1 is 1.09 bits per heavy atom. The van der Waals surface area contributed by atoms with Crippen LogP contribution in [-0.4, -0.2) is 19.8 Å². The minimum absolute atomic E-state index is 0.181. The Kier molecular flexibility index (Phi) is 3.78. The highest BCUT2D eigenvalue weighted by molar-refractivity contribution is 9.10. The van der Waals surface area contributed by atoms with Gasteiger partial charge < -0.3 is 4.98 Å². The maximum absolute atomic E-state index is 11.1. The topological polar surface area (TPSA) is 115 Å². The van der Waals surface area contributed by atoms with E-state index in [1.807, 2.05) is 18.2 Å². The lowest BCUT2D eigenvalue weighted by atomic mass is 10.1. The lowest BCUT2D eigenvalue weighted by molar-refractivity contribution is -0.394. The summed E-state index contributed by atoms with van der Waals surface area (Å²) in [6.07, 6.45) is 0.181. The Morgan fingerprint density at radius 3 is 2.57 bits per heavy atom. The minimum Gasteiger partial charge on any atom is -0.342 e. The van der Waals surface area contributed by atoms with Gasteiger partial charge in [0, 0.05) is 22.5 Å². The molecule has 0 radical (unpaired) electrons. The molecule has 0 aliphatic rings. The number of benzene rings is 2. The van der Waals surface area contributed by atoms with Gasteiger partial charge in [0.2, 0.25) is 0 Å². The van der Waals surface area contributed by atoms with Crippen molar-refractivity contribution in [3.8, 4) is 0 Å². The number of nitrogens with zero attached hydrogens (tertiary/aromatic N) is 3. The van der Waals surface area contributed by atoms with E-state index in [2.05, 4.69) is 25.9 Å². The molecule has 1 aromatic heterocycles. The molecule has 0 saturated heterocycles. The molecule has 0 amide bonds. The van der Waals surface area contributed by atoms with E-state index in [0.717, 1.165) is 21.6 Å². The van der Waals surface area contributed by atoms with Gasteiger partial charge in [-0.2, -0.15) is 0 Å². The molecular formula is C14H9BrN4O4. The minimum atomic E-state index is -0.657. The highest BCUT2D eigenvalue weighted by Crippen LogP contribution is 2.27. The van der Waals surface area contributed by atoms with Crippen LogP contribution in [0.25, 0.3) is 11.0 Å². The van der Waals surface area contributed by atoms with Gasteiger partial charge in [0.15, 0.2) is 0 Å². The molecule has 2 aromatic carbocycles. The third-order valence-corrected chi connectivity index (χ3v) is 3.82. The van der Waals surface area contributed by atoms with Crippen molar-refractivity contribution in [3.05, 3.63) is 72.5 Å². The monoisotopic (exact) mass is 376 g/mol. The molecule has 8 nitrogen and oxygen atoms in total. The number of aromatic nitrogens is 2. The third-order valence-electron chi connectivity index (χ3n) is 3.33. The van der Waals surface area contributed by atoms with Crippen molar-refractivity contribution < 1.29 is 9.85 Å². The second-order valence-electron chi connectivity index (χ2n) is 4.85. The summed E-state index contributed by atoms with van der Waals surface area (Å²) < 4.78 is 0.890. The average molecular weight is 377 g/mol. The Balaban J connectivity index is 2.00. The number of fused-ring (bicyclic) bond motifs is 1. The van der Waals surface area contributed by atoms with Crippen LogP contribution in [0.2, 0.25) is 0 Å². The summed E-state index contributed by atoms with van der Waals surface area (Å²) in [6, 6.07) is 9.14. The number of nitrogens with one attached hydrogen (secondary N) is 1. The van der Waals surface area contributed by atoms with Gasteiger partial charge in [-0.1, -0.05) is 15.9 Å². The number of nitro groups is 2. The molecule has 1 N–H and O–H groups in total. The van der Waals surface area contributed by atoms with Crippen LogP contribution in [0.4, 0.5) is 11.4 Å². The first-order chi connectivity index (χ1) is 10.9. The largest absolute Gasteiger partial charge is 0.342 e. The first-order valence-electron chi connectivity index (χ1n) is 6.50. The van der Waals surface area contributed by atoms with E-state index in [0.29, 0.717) is 11.4 Å². The summed E-state index contributed by atoms with van der Waals surface area (Å²) in [7, 11) is 0. The van der Waals surface area contributed by atoms with Crippen LogP contribution in [0.3, 0.4) is 0 Å². The third kappa shape index (κ3) is 3.04. The van der Waals surface area contributed by atoms with Gasteiger partial charge in [-0.15, -0.1) is 0 Å². The number of aromatic amines is 1. The Bertz CT molecular complexity index is 938. The van der Waals surface area contributed by atoms with E-state index in [9.17, 15) is 20.2 Å². The van der Waals surface area contributed by atoms with Crippen molar-refractivity contribution in [2.45, 2.75) is 6.42 Å².